The Morgan fingerprint density at radius 2 is 1.80 bits per heavy atom. The van der Waals surface area contributed by atoms with E-state index in [4.69, 9.17) is 0 Å². The number of hydrogen-bond acceptors (Lipinski definition) is 3. The second-order valence-corrected chi connectivity index (χ2v) is 6.99. The van der Waals surface area contributed by atoms with E-state index < -0.39 is 9.84 Å². The van der Waals surface area contributed by atoms with Crippen molar-refractivity contribution in [2.24, 2.45) is 5.92 Å². The van der Waals surface area contributed by atoms with Gasteiger partial charge in [0.15, 0.2) is 9.84 Å². The summed E-state index contributed by atoms with van der Waals surface area (Å²) in [5, 5.41) is 3.25. The first-order chi connectivity index (χ1) is 6.87. The molecule has 0 heterocycles. The van der Waals surface area contributed by atoms with Crippen LogP contribution < -0.4 is 5.32 Å². The van der Waals surface area contributed by atoms with Crippen molar-refractivity contribution >= 4 is 9.84 Å². The van der Waals surface area contributed by atoms with Gasteiger partial charge in [0.25, 0.3) is 0 Å². The Balaban J connectivity index is 3.62. The predicted molar refractivity (Wildman–Crippen MR) is 65.9 cm³/mol. The molecule has 0 saturated heterocycles. The Bertz CT molecular complexity index is 247. The van der Waals surface area contributed by atoms with Crippen LogP contribution in [0.5, 0.6) is 0 Å². The summed E-state index contributed by atoms with van der Waals surface area (Å²) in [6.07, 6.45) is 2.31. The average Bonchev–Trinajstić information content (AvgIpc) is 2.11. The molecule has 0 aliphatic heterocycles. The summed E-state index contributed by atoms with van der Waals surface area (Å²) < 4.78 is 22.6. The van der Waals surface area contributed by atoms with E-state index in [2.05, 4.69) is 19.2 Å². The van der Waals surface area contributed by atoms with Crippen LogP contribution in [0.1, 0.15) is 40.5 Å². The minimum Gasteiger partial charge on any atom is -0.313 e. The third kappa shape index (κ3) is 8.88. The standard InChI is InChI=1S/C11H25NO2S/c1-5-15(13,14)9-11(4)12-8-6-7-10(2)3/h10-12H,5-9H2,1-4H3. The van der Waals surface area contributed by atoms with E-state index in [0.717, 1.165) is 18.9 Å². The summed E-state index contributed by atoms with van der Waals surface area (Å²) in [6.45, 7) is 8.94. The van der Waals surface area contributed by atoms with E-state index in [1.165, 1.54) is 6.42 Å². The Kier molecular flexibility index (Phi) is 7.18. The fourth-order valence-electron chi connectivity index (χ4n) is 1.42. The maximum absolute atomic E-state index is 11.3. The van der Waals surface area contributed by atoms with Crippen molar-refractivity contribution in [3.05, 3.63) is 0 Å². The Hall–Kier alpha value is -0.0900. The van der Waals surface area contributed by atoms with Crippen molar-refractivity contribution in [3.8, 4) is 0 Å². The highest BCUT2D eigenvalue weighted by molar-refractivity contribution is 7.91. The molecule has 3 nitrogen and oxygen atoms in total. The Labute approximate surface area is 94.6 Å². The van der Waals surface area contributed by atoms with Gasteiger partial charge >= 0.3 is 0 Å². The quantitative estimate of drug-likeness (QED) is 0.653. The molecular formula is C11H25NO2S. The number of sulfone groups is 1. The normalized spacial score (nSPS) is 14.5. The molecule has 0 aromatic heterocycles. The third-order valence-corrected chi connectivity index (χ3v) is 4.28. The fraction of sp³-hybridized carbons (Fsp3) is 1.00. The van der Waals surface area contributed by atoms with Crippen molar-refractivity contribution in [2.75, 3.05) is 18.1 Å². The highest BCUT2D eigenvalue weighted by atomic mass is 32.2. The molecule has 1 N–H and O–H groups in total. The maximum Gasteiger partial charge on any atom is 0.151 e. The van der Waals surface area contributed by atoms with E-state index in [1.54, 1.807) is 6.92 Å². The molecule has 4 heteroatoms. The van der Waals surface area contributed by atoms with Crippen molar-refractivity contribution < 1.29 is 8.42 Å². The smallest absolute Gasteiger partial charge is 0.151 e. The first kappa shape index (κ1) is 14.9. The summed E-state index contributed by atoms with van der Waals surface area (Å²) in [7, 11) is -2.83. The number of rotatable bonds is 8. The van der Waals surface area contributed by atoms with Crippen molar-refractivity contribution in [2.45, 2.75) is 46.6 Å². The van der Waals surface area contributed by atoms with Crippen molar-refractivity contribution in [3.63, 3.8) is 0 Å². The first-order valence-corrected chi connectivity index (χ1v) is 7.63. The Morgan fingerprint density at radius 3 is 2.27 bits per heavy atom. The zero-order chi connectivity index (χ0) is 11.9. The van der Waals surface area contributed by atoms with Gasteiger partial charge in [-0.15, -0.1) is 0 Å². The van der Waals surface area contributed by atoms with Gasteiger partial charge in [-0.05, 0) is 32.2 Å². The lowest BCUT2D eigenvalue weighted by Gasteiger charge is -2.13. The van der Waals surface area contributed by atoms with Crippen LogP contribution in [0, 0.1) is 5.92 Å². The largest absolute Gasteiger partial charge is 0.313 e. The summed E-state index contributed by atoms with van der Waals surface area (Å²) in [6, 6.07) is 0.0714. The van der Waals surface area contributed by atoms with Crippen molar-refractivity contribution in [1.29, 1.82) is 0 Å². The molecule has 0 aliphatic carbocycles. The molecule has 1 atom stereocenters. The molecule has 92 valence electrons. The van der Waals surface area contributed by atoms with Crippen LogP contribution in [0.4, 0.5) is 0 Å². The van der Waals surface area contributed by atoms with Gasteiger partial charge in [-0.25, -0.2) is 8.42 Å². The van der Waals surface area contributed by atoms with Crippen LogP contribution in [-0.4, -0.2) is 32.5 Å². The lowest BCUT2D eigenvalue weighted by atomic mass is 10.1. The van der Waals surface area contributed by atoms with Gasteiger partial charge in [-0.2, -0.15) is 0 Å². The zero-order valence-electron chi connectivity index (χ0n) is 10.4. The van der Waals surface area contributed by atoms with E-state index in [9.17, 15) is 8.42 Å². The monoisotopic (exact) mass is 235 g/mol. The SMILES string of the molecule is CCS(=O)(=O)CC(C)NCCCC(C)C. The minimum atomic E-state index is -2.83. The molecule has 0 aliphatic rings. The molecule has 0 amide bonds. The van der Waals surface area contributed by atoms with Gasteiger partial charge in [0, 0.05) is 11.8 Å². The van der Waals surface area contributed by atoms with Gasteiger partial charge in [0.2, 0.25) is 0 Å². The van der Waals surface area contributed by atoms with E-state index in [0.29, 0.717) is 0 Å². The van der Waals surface area contributed by atoms with Gasteiger partial charge in [-0.3, -0.25) is 0 Å². The molecule has 1 unspecified atom stereocenters. The van der Waals surface area contributed by atoms with Gasteiger partial charge < -0.3 is 5.32 Å². The second-order valence-electron chi connectivity index (χ2n) is 4.59. The average molecular weight is 235 g/mol. The second kappa shape index (κ2) is 7.23. The predicted octanol–water partition coefficient (Wildman–Crippen LogP) is 1.84. The van der Waals surface area contributed by atoms with Gasteiger partial charge in [-0.1, -0.05) is 20.8 Å². The van der Waals surface area contributed by atoms with Crippen LogP contribution in [0.15, 0.2) is 0 Å². The minimum absolute atomic E-state index is 0.0714. The lowest BCUT2D eigenvalue weighted by Crippen LogP contribution is -2.34. The molecule has 0 bridgehead atoms. The summed E-state index contributed by atoms with van der Waals surface area (Å²) in [5.41, 5.74) is 0. The number of nitrogens with one attached hydrogen (secondary N) is 1. The number of hydrogen-bond donors (Lipinski definition) is 1. The third-order valence-electron chi connectivity index (χ3n) is 2.39. The van der Waals surface area contributed by atoms with Crippen molar-refractivity contribution in [1.82, 2.24) is 5.32 Å². The summed E-state index contributed by atoms with van der Waals surface area (Å²) in [5.74, 6) is 1.22. The zero-order valence-corrected chi connectivity index (χ0v) is 11.2. The van der Waals surface area contributed by atoms with Crippen LogP contribution in [0.2, 0.25) is 0 Å². The molecule has 0 rings (SSSR count). The highest BCUT2D eigenvalue weighted by Crippen LogP contribution is 2.02. The molecule has 15 heavy (non-hydrogen) atoms. The fourth-order valence-corrected chi connectivity index (χ4v) is 2.53. The van der Waals surface area contributed by atoms with E-state index in [1.807, 2.05) is 6.92 Å². The van der Waals surface area contributed by atoms with Gasteiger partial charge in [0.1, 0.15) is 0 Å². The van der Waals surface area contributed by atoms with Crippen LogP contribution in [0.3, 0.4) is 0 Å². The van der Waals surface area contributed by atoms with E-state index in [-0.39, 0.29) is 17.5 Å². The topological polar surface area (TPSA) is 46.2 Å². The summed E-state index contributed by atoms with van der Waals surface area (Å²) >= 11 is 0. The molecule has 0 radical (unpaired) electrons. The summed E-state index contributed by atoms with van der Waals surface area (Å²) in [4.78, 5) is 0. The van der Waals surface area contributed by atoms with E-state index >= 15 is 0 Å². The first-order valence-electron chi connectivity index (χ1n) is 5.81. The molecule has 0 saturated carbocycles. The maximum atomic E-state index is 11.3. The van der Waals surface area contributed by atoms with Crippen LogP contribution >= 0.6 is 0 Å². The molecular weight excluding hydrogens is 210 g/mol. The molecule has 0 spiro atoms. The molecule has 0 aromatic rings. The highest BCUT2D eigenvalue weighted by Gasteiger charge is 2.12. The molecule has 0 aromatic carbocycles. The van der Waals surface area contributed by atoms with Crippen LogP contribution in [0.25, 0.3) is 0 Å². The van der Waals surface area contributed by atoms with Crippen LogP contribution in [-0.2, 0) is 9.84 Å². The van der Waals surface area contributed by atoms with Gasteiger partial charge in [0.05, 0.1) is 5.75 Å². The molecule has 0 fully saturated rings. The lowest BCUT2D eigenvalue weighted by molar-refractivity contribution is 0.500. The Morgan fingerprint density at radius 1 is 1.20 bits per heavy atom.